The monoisotopic (exact) mass is 358 g/mol. The lowest BCUT2D eigenvalue weighted by molar-refractivity contribution is -0.151. The topological polar surface area (TPSA) is 134 Å². The van der Waals surface area contributed by atoms with Crippen molar-refractivity contribution in [3.05, 3.63) is 53.6 Å². The van der Waals surface area contributed by atoms with Crippen LogP contribution in [0.1, 0.15) is 17.2 Å². The number of rotatable bonds is 4. The van der Waals surface area contributed by atoms with Crippen LogP contribution in [0.25, 0.3) is 6.08 Å². The normalized spacial score (nSPS) is 18.6. The number of aromatic hydroxyl groups is 2. The summed E-state index contributed by atoms with van der Waals surface area (Å²) in [7, 11) is 0. The molecule has 4 N–H and O–H groups in total. The minimum atomic E-state index is -1.40. The highest BCUT2D eigenvalue weighted by Crippen LogP contribution is 2.41. The average Bonchev–Trinajstić information content (AvgIpc) is 2.57. The van der Waals surface area contributed by atoms with Gasteiger partial charge in [-0.15, -0.1) is 0 Å². The molecule has 1 aliphatic heterocycles. The maximum absolute atomic E-state index is 11.6. The molecular formula is C18H14O8. The first-order valence-electron chi connectivity index (χ1n) is 7.47. The summed E-state index contributed by atoms with van der Waals surface area (Å²) in [6.45, 7) is 0. The van der Waals surface area contributed by atoms with Gasteiger partial charge in [0, 0.05) is 17.7 Å². The van der Waals surface area contributed by atoms with Gasteiger partial charge in [0.25, 0.3) is 0 Å². The molecule has 0 fully saturated rings. The number of phenols is 2. The fourth-order valence-electron chi connectivity index (χ4n) is 2.59. The SMILES string of the molecule is O=C(O)/C=C/c1ccc2c(c1)O[C@H](c1cc(O)cc(O)c1)[C@H](C(=O)O)O2. The molecule has 0 aliphatic carbocycles. The number of hydrogen-bond donors (Lipinski definition) is 4. The highest BCUT2D eigenvalue weighted by molar-refractivity contribution is 5.85. The number of carboxylic acids is 2. The predicted octanol–water partition coefficient (Wildman–Crippen LogP) is 2.16. The molecule has 2 atom stereocenters. The predicted molar refractivity (Wildman–Crippen MR) is 88.3 cm³/mol. The molecule has 8 heteroatoms. The summed E-state index contributed by atoms with van der Waals surface area (Å²) >= 11 is 0. The number of hydrogen-bond acceptors (Lipinski definition) is 6. The zero-order valence-electron chi connectivity index (χ0n) is 13.2. The second-order valence-electron chi connectivity index (χ2n) is 5.58. The molecule has 2 aromatic rings. The molecule has 0 unspecified atom stereocenters. The van der Waals surface area contributed by atoms with Gasteiger partial charge in [0.2, 0.25) is 6.10 Å². The molecule has 134 valence electrons. The molecule has 26 heavy (non-hydrogen) atoms. The molecule has 3 rings (SSSR count). The Morgan fingerprint density at radius 3 is 2.23 bits per heavy atom. The molecule has 1 aliphatic rings. The molecule has 0 saturated carbocycles. The summed E-state index contributed by atoms with van der Waals surface area (Å²) in [6, 6.07) is 8.17. The summed E-state index contributed by atoms with van der Waals surface area (Å²) in [4.78, 5) is 22.2. The van der Waals surface area contributed by atoms with Crippen LogP contribution in [0.2, 0.25) is 0 Å². The van der Waals surface area contributed by atoms with E-state index in [0.717, 1.165) is 12.1 Å². The molecule has 0 bridgehead atoms. The quantitative estimate of drug-likeness (QED) is 0.611. The lowest BCUT2D eigenvalue weighted by Crippen LogP contribution is -2.39. The van der Waals surface area contributed by atoms with E-state index in [-0.39, 0.29) is 28.6 Å². The minimum absolute atomic E-state index is 0.186. The van der Waals surface area contributed by atoms with Crippen molar-refractivity contribution in [3.8, 4) is 23.0 Å². The highest BCUT2D eigenvalue weighted by atomic mass is 16.6. The van der Waals surface area contributed by atoms with Gasteiger partial charge in [0.15, 0.2) is 17.6 Å². The molecule has 0 radical (unpaired) electrons. The number of carbonyl (C=O) groups is 2. The van der Waals surface area contributed by atoms with Gasteiger partial charge in [-0.1, -0.05) is 6.07 Å². The lowest BCUT2D eigenvalue weighted by Gasteiger charge is -2.32. The summed E-state index contributed by atoms with van der Waals surface area (Å²) < 4.78 is 11.2. The van der Waals surface area contributed by atoms with Crippen LogP contribution in [0.4, 0.5) is 0 Å². The van der Waals surface area contributed by atoms with E-state index in [9.17, 15) is 24.9 Å². The van der Waals surface area contributed by atoms with Crippen molar-refractivity contribution >= 4 is 18.0 Å². The number of benzene rings is 2. The average molecular weight is 358 g/mol. The maximum atomic E-state index is 11.6. The van der Waals surface area contributed by atoms with Crippen molar-refractivity contribution in [2.75, 3.05) is 0 Å². The van der Waals surface area contributed by atoms with Crippen molar-refractivity contribution in [2.45, 2.75) is 12.2 Å². The molecule has 0 spiro atoms. The van der Waals surface area contributed by atoms with Crippen molar-refractivity contribution in [2.24, 2.45) is 0 Å². The van der Waals surface area contributed by atoms with Gasteiger partial charge in [-0.25, -0.2) is 9.59 Å². The van der Waals surface area contributed by atoms with Crippen LogP contribution < -0.4 is 9.47 Å². The van der Waals surface area contributed by atoms with Crippen LogP contribution in [-0.4, -0.2) is 38.5 Å². The van der Waals surface area contributed by atoms with E-state index in [1.54, 1.807) is 6.07 Å². The Hall–Kier alpha value is -3.68. The van der Waals surface area contributed by atoms with Gasteiger partial charge in [0.05, 0.1) is 0 Å². The number of aliphatic carboxylic acids is 2. The first kappa shape index (κ1) is 17.2. The smallest absolute Gasteiger partial charge is 0.349 e. The Labute approximate surface area is 147 Å². The van der Waals surface area contributed by atoms with Gasteiger partial charge in [-0.2, -0.15) is 0 Å². The van der Waals surface area contributed by atoms with Crippen molar-refractivity contribution in [1.29, 1.82) is 0 Å². The molecule has 1 heterocycles. The molecule has 2 aromatic carbocycles. The second-order valence-corrected chi connectivity index (χ2v) is 5.58. The van der Waals surface area contributed by atoms with E-state index < -0.39 is 24.1 Å². The highest BCUT2D eigenvalue weighted by Gasteiger charge is 2.38. The number of carboxylic acid groups (broad SMARTS) is 2. The van der Waals surface area contributed by atoms with Crippen molar-refractivity contribution in [3.63, 3.8) is 0 Å². The van der Waals surface area contributed by atoms with E-state index in [4.69, 9.17) is 14.6 Å². The molecule has 0 amide bonds. The van der Waals surface area contributed by atoms with Gasteiger partial charge < -0.3 is 29.9 Å². The Bertz CT molecular complexity index is 882. The Balaban J connectivity index is 2.00. The minimum Gasteiger partial charge on any atom is -0.508 e. The first-order chi connectivity index (χ1) is 12.3. The van der Waals surface area contributed by atoms with Crippen LogP contribution in [0.5, 0.6) is 23.0 Å². The fourth-order valence-corrected chi connectivity index (χ4v) is 2.59. The van der Waals surface area contributed by atoms with Crippen LogP contribution in [0.3, 0.4) is 0 Å². The van der Waals surface area contributed by atoms with Gasteiger partial charge in [-0.05, 0) is 35.9 Å². The van der Waals surface area contributed by atoms with E-state index in [0.29, 0.717) is 5.56 Å². The number of fused-ring (bicyclic) bond motifs is 1. The second kappa shape index (κ2) is 6.67. The van der Waals surface area contributed by atoms with Crippen LogP contribution >= 0.6 is 0 Å². The summed E-state index contributed by atoms with van der Waals surface area (Å²) in [6.07, 6.45) is -0.221. The Morgan fingerprint density at radius 2 is 1.62 bits per heavy atom. The van der Waals surface area contributed by atoms with E-state index >= 15 is 0 Å². The van der Waals surface area contributed by atoms with Gasteiger partial charge in [-0.3, -0.25) is 0 Å². The van der Waals surface area contributed by atoms with Crippen LogP contribution in [0, 0.1) is 0 Å². The third-order valence-corrected chi connectivity index (χ3v) is 3.67. The fraction of sp³-hybridized carbons (Fsp3) is 0.111. The zero-order valence-corrected chi connectivity index (χ0v) is 13.2. The molecule has 8 nitrogen and oxygen atoms in total. The summed E-state index contributed by atoms with van der Waals surface area (Å²) in [5.74, 6) is -2.50. The van der Waals surface area contributed by atoms with Crippen LogP contribution in [0.15, 0.2) is 42.5 Å². The Morgan fingerprint density at radius 1 is 0.923 bits per heavy atom. The van der Waals surface area contributed by atoms with E-state index in [1.165, 1.54) is 30.3 Å². The number of ether oxygens (including phenoxy) is 2. The Kier molecular flexibility index (Phi) is 4.40. The van der Waals surface area contributed by atoms with E-state index in [1.807, 2.05) is 0 Å². The maximum Gasteiger partial charge on any atom is 0.349 e. The molecular weight excluding hydrogens is 344 g/mol. The third-order valence-electron chi connectivity index (χ3n) is 3.67. The van der Waals surface area contributed by atoms with E-state index in [2.05, 4.69) is 0 Å². The zero-order chi connectivity index (χ0) is 18.8. The number of phenolic OH excluding ortho intramolecular Hbond substituents is 2. The van der Waals surface area contributed by atoms with Gasteiger partial charge in [0.1, 0.15) is 11.5 Å². The summed E-state index contributed by atoms with van der Waals surface area (Å²) in [5, 5.41) is 37.4. The molecule has 0 saturated heterocycles. The largest absolute Gasteiger partial charge is 0.508 e. The van der Waals surface area contributed by atoms with Crippen molar-refractivity contribution < 1.29 is 39.5 Å². The molecule has 0 aromatic heterocycles. The standard InChI is InChI=1S/C18H14O8/c19-11-6-10(7-12(20)8-11)16-17(18(23)24)25-13-3-1-9(2-4-15(21)22)5-14(13)26-16/h1-8,16-17,19-20H,(H,21,22)(H,23,24)/b4-2+/t16-,17-/m1/s1. The van der Waals surface area contributed by atoms with Crippen LogP contribution in [-0.2, 0) is 9.59 Å². The third kappa shape index (κ3) is 3.54. The first-order valence-corrected chi connectivity index (χ1v) is 7.47. The lowest BCUT2D eigenvalue weighted by atomic mass is 10.0. The van der Waals surface area contributed by atoms with Gasteiger partial charge >= 0.3 is 11.9 Å². The summed E-state index contributed by atoms with van der Waals surface area (Å²) in [5.41, 5.74) is 0.730. The van der Waals surface area contributed by atoms with Crippen molar-refractivity contribution in [1.82, 2.24) is 0 Å².